The first-order valence-electron chi connectivity index (χ1n) is 3.36. The first-order chi connectivity index (χ1) is 4.66. The summed E-state index contributed by atoms with van der Waals surface area (Å²) in [6, 6.07) is -0.438. The molecule has 1 aliphatic rings. The first-order valence-corrected chi connectivity index (χ1v) is 3.36. The molecule has 2 N–H and O–H groups in total. The van der Waals surface area contributed by atoms with Gasteiger partial charge in [-0.2, -0.15) is 0 Å². The summed E-state index contributed by atoms with van der Waals surface area (Å²) in [6.07, 6.45) is -1.12. The maximum Gasteiger partial charge on any atom is 0.109 e. The van der Waals surface area contributed by atoms with Gasteiger partial charge in [-0.05, 0) is 0 Å². The predicted octanol–water partition coefficient (Wildman–Crippen LogP) is -1.14. The van der Waals surface area contributed by atoms with E-state index in [0.717, 1.165) is 0 Å². The van der Waals surface area contributed by atoms with Crippen molar-refractivity contribution in [1.29, 1.82) is 0 Å². The second-order valence-corrected chi connectivity index (χ2v) is 2.67. The summed E-state index contributed by atoms with van der Waals surface area (Å²) >= 11 is 0. The first kappa shape index (κ1) is 16.6. The van der Waals surface area contributed by atoms with E-state index in [2.05, 4.69) is 0 Å². The minimum atomic E-state index is -0.625. The summed E-state index contributed by atoms with van der Waals surface area (Å²) in [4.78, 5) is 0. The fraction of sp³-hybridized carbons (Fsp3) is 1.00. The van der Waals surface area contributed by atoms with Crippen LogP contribution in [0.15, 0.2) is 0 Å². The number of hydrogen-bond donors (Lipinski definition) is 2. The van der Waals surface area contributed by atoms with Gasteiger partial charge in [0.2, 0.25) is 0 Å². The maximum atomic E-state index is 9.26. The molecule has 1 aliphatic heterocycles. The quantitative estimate of drug-likeness (QED) is 0.601. The van der Waals surface area contributed by atoms with Crippen LogP contribution < -0.4 is 0 Å². The monoisotopic (exact) mass is 320 g/mol. The molecule has 4 unspecified atom stereocenters. The Morgan fingerprint density at radius 1 is 1.42 bits per heavy atom. The van der Waals surface area contributed by atoms with E-state index in [1.807, 2.05) is 0 Å². The molecule has 1 rings (SSSR count). The largest absolute Gasteiger partial charge is 0.394 e. The fourth-order valence-electron chi connectivity index (χ4n) is 1.09. The molecule has 62 valence electrons. The van der Waals surface area contributed by atoms with Gasteiger partial charge >= 0.3 is 0 Å². The summed E-state index contributed by atoms with van der Waals surface area (Å²) in [7, 11) is 5.44. The van der Waals surface area contributed by atoms with E-state index in [4.69, 9.17) is 17.7 Å². The smallest absolute Gasteiger partial charge is 0.109 e. The van der Waals surface area contributed by atoms with Crippen LogP contribution in [0.5, 0.6) is 0 Å². The molecule has 0 aliphatic carbocycles. The van der Waals surface area contributed by atoms with Crippen molar-refractivity contribution >= 4 is 7.85 Å². The Morgan fingerprint density at radius 3 is 2.08 bits per heavy atom. The van der Waals surface area contributed by atoms with Crippen molar-refractivity contribution in [3.8, 4) is 0 Å². The third-order valence-corrected chi connectivity index (χ3v) is 1.95. The van der Waals surface area contributed by atoms with Crippen molar-refractivity contribution in [3.63, 3.8) is 0 Å². The van der Waals surface area contributed by atoms with Crippen molar-refractivity contribution in [3.05, 3.63) is 0 Å². The zero-order valence-electron chi connectivity index (χ0n) is 7.05. The van der Waals surface area contributed by atoms with Crippen LogP contribution in [0.4, 0.5) is 0 Å². The number of rotatable bonds is 1. The van der Waals surface area contributed by atoms with Crippen LogP contribution >= 0.6 is 0 Å². The van der Waals surface area contributed by atoms with E-state index in [1.165, 1.54) is 0 Å². The maximum absolute atomic E-state index is 9.26. The Balaban J connectivity index is 0. The molecule has 4 radical (unpaired) electrons. The topological polar surface area (TPSA) is 49.7 Å². The summed E-state index contributed by atoms with van der Waals surface area (Å²) < 4.78 is 5.01. The Bertz CT molecular complexity index is 127. The Hall–Kier alpha value is 2.15. The normalized spacial score (nSPS) is 39.9. The van der Waals surface area contributed by atoms with Crippen LogP contribution in [0.2, 0.25) is 0 Å². The summed E-state index contributed by atoms with van der Waals surface area (Å²) in [5.41, 5.74) is 0. The Kier molecular flexibility index (Phi) is 10.3. The molecule has 12 heavy (non-hydrogen) atoms. The summed E-state index contributed by atoms with van der Waals surface area (Å²) in [6.45, 7) is 1.63. The molecule has 0 aromatic heterocycles. The van der Waals surface area contributed by atoms with Crippen LogP contribution in [0.3, 0.4) is 0 Å². The van der Waals surface area contributed by atoms with Crippen LogP contribution in [0, 0.1) is 5.92 Å². The average Bonchev–Trinajstić information content (AvgIpc) is 2.17. The van der Waals surface area contributed by atoms with Gasteiger partial charge in [0.25, 0.3) is 0 Å². The molecule has 6 heteroatoms. The molecule has 0 spiro atoms. The minimum absolute atomic E-state index is 0. The molecule has 0 bridgehead atoms. The molecule has 1 fully saturated rings. The molecule has 3 nitrogen and oxygen atoms in total. The van der Waals surface area contributed by atoms with Crippen molar-refractivity contribution in [2.24, 2.45) is 5.92 Å². The molecule has 1 saturated heterocycles. The van der Waals surface area contributed by atoms with Crippen LogP contribution in [0.25, 0.3) is 0 Å². The third kappa shape index (κ3) is 3.72. The standard InChI is InChI=1S/C6H11BO3.2Y/c1-3-5(9)4(2-8)10-6(3)7;;/h3-6,8-9H,2H2,1H3;;. The van der Waals surface area contributed by atoms with Gasteiger partial charge in [-0.15, -0.1) is 0 Å². The van der Waals surface area contributed by atoms with Gasteiger partial charge in [-0.1, -0.05) is 6.92 Å². The van der Waals surface area contributed by atoms with Gasteiger partial charge in [0, 0.05) is 77.3 Å². The van der Waals surface area contributed by atoms with E-state index < -0.39 is 18.2 Å². The minimum Gasteiger partial charge on any atom is -0.394 e. The molecular weight excluding hydrogens is 309 g/mol. The average molecular weight is 320 g/mol. The van der Waals surface area contributed by atoms with Crippen LogP contribution in [-0.4, -0.2) is 42.9 Å². The SMILES string of the molecule is [B]C1OC(CO)C(O)C1C.[Y].[Y]. The third-order valence-electron chi connectivity index (χ3n) is 1.95. The number of ether oxygens (including phenoxy) is 1. The van der Waals surface area contributed by atoms with Crippen molar-refractivity contribution < 1.29 is 80.4 Å². The number of hydrogen-bond acceptors (Lipinski definition) is 3. The molecular formula is C6H11BO3Y2. The zero-order valence-corrected chi connectivity index (χ0v) is 12.7. The van der Waals surface area contributed by atoms with Gasteiger partial charge < -0.3 is 14.9 Å². The molecule has 1 heterocycles. The van der Waals surface area contributed by atoms with Crippen molar-refractivity contribution in [2.75, 3.05) is 6.61 Å². The van der Waals surface area contributed by atoms with Crippen LogP contribution in [-0.2, 0) is 70.2 Å². The van der Waals surface area contributed by atoms with E-state index in [1.54, 1.807) is 6.92 Å². The Labute approximate surface area is 124 Å². The summed E-state index contributed by atoms with van der Waals surface area (Å²) in [5, 5.41) is 17.9. The van der Waals surface area contributed by atoms with Gasteiger partial charge in [0.15, 0.2) is 0 Å². The van der Waals surface area contributed by atoms with Crippen molar-refractivity contribution in [2.45, 2.75) is 25.1 Å². The molecule has 0 aromatic rings. The second kappa shape index (κ2) is 7.45. The van der Waals surface area contributed by atoms with Gasteiger partial charge in [0.1, 0.15) is 14.0 Å². The van der Waals surface area contributed by atoms with E-state index in [-0.39, 0.29) is 77.9 Å². The van der Waals surface area contributed by atoms with Gasteiger partial charge in [-0.25, -0.2) is 0 Å². The predicted molar refractivity (Wildman–Crippen MR) is 36.7 cm³/mol. The van der Waals surface area contributed by atoms with Crippen LogP contribution in [0.1, 0.15) is 6.92 Å². The Morgan fingerprint density at radius 2 is 1.92 bits per heavy atom. The van der Waals surface area contributed by atoms with E-state index >= 15 is 0 Å². The summed E-state index contributed by atoms with van der Waals surface area (Å²) in [5.74, 6) is -0.0860. The van der Waals surface area contributed by atoms with Gasteiger partial charge in [-0.3, -0.25) is 0 Å². The molecule has 0 aromatic carbocycles. The van der Waals surface area contributed by atoms with Crippen molar-refractivity contribution in [1.82, 2.24) is 0 Å². The fourth-order valence-corrected chi connectivity index (χ4v) is 1.09. The van der Waals surface area contributed by atoms with E-state index in [0.29, 0.717) is 0 Å². The van der Waals surface area contributed by atoms with Gasteiger partial charge in [0.05, 0.1) is 12.7 Å². The number of aliphatic hydroxyl groups is 2. The molecule has 0 amide bonds. The second-order valence-electron chi connectivity index (χ2n) is 2.67. The molecule has 4 atom stereocenters. The number of aliphatic hydroxyl groups excluding tert-OH is 2. The van der Waals surface area contributed by atoms with E-state index in [9.17, 15) is 5.11 Å². The zero-order chi connectivity index (χ0) is 7.72. The molecule has 0 saturated carbocycles.